The van der Waals surface area contributed by atoms with E-state index in [1.165, 1.54) is 66.3 Å². The Labute approximate surface area is 144 Å². The minimum Gasteiger partial charge on any atom is -0.0683 e. The molecule has 0 saturated heterocycles. The molecule has 0 spiro atoms. The summed E-state index contributed by atoms with van der Waals surface area (Å²) in [5.74, 6) is 0. The fraction of sp³-hybridized carbons (Fsp3) is 0.478. The van der Waals surface area contributed by atoms with Gasteiger partial charge in [-0.05, 0) is 47.1 Å². The van der Waals surface area contributed by atoms with Gasteiger partial charge in [-0.1, -0.05) is 96.3 Å². The van der Waals surface area contributed by atoms with E-state index >= 15 is 0 Å². The Hall–Kier alpha value is -1.56. The number of rotatable bonds is 7. The Balaban J connectivity index is 0.00000127. The summed E-state index contributed by atoms with van der Waals surface area (Å²) >= 11 is 0. The molecule has 0 radical (unpaired) electrons. The van der Waals surface area contributed by atoms with Crippen LogP contribution < -0.4 is 0 Å². The average Bonchev–Trinajstić information content (AvgIpc) is 2.58. The highest BCUT2D eigenvalue weighted by atomic mass is 14.2. The second-order valence-electron chi connectivity index (χ2n) is 5.91. The monoisotopic (exact) mass is 310 g/mol. The maximum atomic E-state index is 2.45. The van der Waals surface area contributed by atoms with Gasteiger partial charge in [0.05, 0.1) is 0 Å². The summed E-state index contributed by atoms with van der Waals surface area (Å²) in [5.41, 5.74) is 7.48. The number of hydrogen-bond acceptors (Lipinski definition) is 0. The van der Waals surface area contributed by atoms with Crippen molar-refractivity contribution in [1.82, 2.24) is 0 Å². The third-order valence-electron chi connectivity index (χ3n) is 4.00. The standard InChI is InChI=1S/C21H28.C2H6/c1-4-10-17-15-19(11-5-2)21(20(16-17)12-6-3)18-13-8-7-9-14-18;1-2/h7-9,13-16H,4-6,10-12H2,1-3H3;1-2H3. The molecule has 0 saturated carbocycles. The average molecular weight is 311 g/mol. The van der Waals surface area contributed by atoms with Crippen molar-refractivity contribution in [3.63, 3.8) is 0 Å². The van der Waals surface area contributed by atoms with E-state index in [-0.39, 0.29) is 0 Å². The molecular formula is C23H34. The second kappa shape index (κ2) is 11.0. The van der Waals surface area contributed by atoms with Gasteiger partial charge >= 0.3 is 0 Å². The molecule has 0 atom stereocenters. The van der Waals surface area contributed by atoms with Gasteiger partial charge in [0.25, 0.3) is 0 Å². The van der Waals surface area contributed by atoms with Crippen LogP contribution in [0.3, 0.4) is 0 Å². The van der Waals surface area contributed by atoms with Gasteiger partial charge in [0.2, 0.25) is 0 Å². The number of hydrogen-bond donors (Lipinski definition) is 0. The molecule has 2 rings (SSSR count). The molecule has 0 aromatic heterocycles. The van der Waals surface area contributed by atoms with Crippen LogP contribution in [0.5, 0.6) is 0 Å². The Morgan fingerprint density at radius 1 is 0.652 bits per heavy atom. The van der Waals surface area contributed by atoms with Crippen molar-refractivity contribution in [2.45, 2.75) is 73.1 Å². The zero-order valence-electron chi connectivity index (χ0n) is 15.8. The van der Waals surface area contributed by atoms with Crippen molar-refractivity contribution in [2.75, 3.05) is 0 Å². The van der Waals surface area contributed by atoms with Crippen LogP contribution in [-0.2, 0) is 19.3 Å². The van der Waals surface area contributed by atoms with Crippen molar-refractivity contribution in [1.29, 1.82) is 0 Å². The van der Waals surface area contributed by atoms with Crippen molar-refractivity contribution in [3.8, 4) is 11.1 Å². The lowest BCUT2D eigenvalue weighted by Gasteiger charge is -2.17. The lowest BCUT2D eigenvalue weighted by Crippen LogP contribution is -2.00. The molecular weight excluding hydrogens is 276 g/mol. The minimum absolute atomic E-state index is 1.18. The molecule has 2 aromatic carbocycles. The molecule has 23 heavy (non-hydrogen) atoms. The molecule has 0 nitrogen and oxygen atoms in total. The Morgan fingerprint density at radius 2 is 1.13 bits per heavy atom. The SMILES string of the molecule is CC.CCCc1cc(CCC)c(-c2ccccc2)c(CCC)c1. The van der Waals surface area contributed by atoms with E-state index < -0.39 is 0 Å². The molecule has 0 bridgehead atoms. The largest absolute Gasteiger partial charge is 0.0683 e. The first-order valence-corrected chi connectivity index (χ1v) is 9.50. The fourth-order valence-corrected chi connectivity index (χ4v) is 3.18. The van der Waals surface area contributed by atoms with E-state index in [4.69, 9.17) is 0 Å². The van der Waals surface area contributed by atoms with Crippen molar-refractivity contribution < 1.29 is 0 Å². The van der Waals surface area contributed by atoms with Gasteiger partial charge in [-0.3, -0.25) is 0 Å². The second-order valence-corrected chi connectivity index (χ2v) is 5.91. The van der Waals surface area contributed by atoms with Gasteiger partial charge in [0.1, 0.15) is 0 Å². The van der Waals surface area contributed by atoms with Crippen molar-refractivity contribution in [2.24, 2.45) is 0 Å². The molecule has 0 unspecified atom stereocenters. The van der Waals surface area contributed by atoms with E-state index in [0.717, 1.165) is 0 Å². The first kappa shape index (κ1) is 19.5. The lowest BCUT2D eigenvalue weighted by atomic mass is 9.87. The predicted molar refractivity (Wildman–Crippen MR) is 105 cm³/mol. The predicted octanol–water partition coefficient (Wildman–Crippen LogP) is 7.24. The first-order valence-electron chi connectivity index (χ1n) is 9.50. The maximum absolute atomic E-state index is 2.45. The highest BCUT2D eigenvalue weighted by Gasteiger charge is 2.12. The van der Waals surface area contributed by atoms with Crippen LogP contribution >= 0.6 is 0 Å². The molecule has 0 heteroatoms. The van der Waals surface area contributed by atoms with Gasteiger partial charge in [-0.15, -0.1) is 0 Å². The van der Waals surface area contributed by atoms with Crippen LogP contribution in [0.4, 0.5) is 0 Å². The molecule has 0 heterocycles. The van der Waals surface area contributed by atoms with E-state index in [1.54, 1.807) is 0 Å². The van der Waals surface area contributed by atoms with E-state index in [0.29, 0.717) is 0 Å². The van der Waals surface area contributed by atoms with Crippen LogP contribution in [-0.4, -0.2) is 0 Å². The Bertz CT molecular complexity index is 525. The third kappa shape index (κ3) is 5.53. The fourth-order valence-electron chi connectivity index (χ4n) is 3.18. The van der Waals surface area contributed by atoms with Gasteiger partial charge < -0.3 is 0 Å². The zero-order valence-corrected chi connectivity index (χ0v) is 15.8. The summed E-state index contributed by atoms with van der Waals surface area (Å²) in [6.07, 6.45) is 7.20. The first-order chi connectivity index (χ1) is 11.3. The van der Waals surface area contributed by atoms with Crippen molar-refractivity contribution in [3.05, 3.63) is 59.2 Å². The Kier molecular flexibility index (Phi) is 9.36. The summed E-state index contributed by atoms with van der Waals surface area (Å²) in [5, 5.41) is 0. The Morgan fingerprint density at radius 3 is 1.57 bits per heavy atom. The summed E-state index contributed by atoms with van der Waals surface area (Å²) in [6.45, 7) is 10.8. The van der Waals surface area contributed by atoms with Gasteiger partial charge in [-0.25, -0.2) is 0 Å². The maximum Gasteiger partial charge on any atom is -0.0120 e. The minimum atomic E-state index is 1.18. The summed E-state index contributed by atoms with van der Waals surface area (Å²) in [4.78, 5) is 0. The van der Waals surface area contributed by atoms with Crippen LogP contribution in [0.25, 0.3) is 11.1 Å². The highest BCUT2D eigenvalue weighted by Crippen LogP contribution is 2.31. The van der Waals surface area contributed by atoms with Crippen LogP contribution in [0.1, 0.15) is 70.6 Å². The molecule has 0 aliphatic carbocycles. The van der Waals surface area contributed by atoms with E-state index in [9.17, 15) is 0 Å². The summed E-state index contributed by atoms with van der Waals surface area (Å²) < 4.78 is 0. The molecule has 0 aliphatic rings. The highest BCUT2D eigenvalue weighted by molar-refractivity contribution is 5.72. The quantitative estimate of drug-likeness (QED) is 0.505. The molecule has 126 valence electrons. The van der Waals surface area contributed by atoms with Gasteiger partial charge in [0, 0.05) is 0 Å². The van der Waals surface area contributed by atoms with Crippen LogP contribution in [0.15, 0.2) is 42.5 Å². The normalized spacial score (nSPS) is 10.1. The molecule has 0 amide bonds. The molecule has 2 aromatic rings. The smallest absolute Gasteiger partial charge is 0.0120 e. The molecule has 0 fully saturated rings. The van der Waals surface area contributed by atoms with Gasteiger partial charge in [0.15, 0.2) is 0 Å². The summed E-state index contributed by atoms with van der Waals surface area (Å²) in [7, 11) is 0. The molecule has 0 N–H and O–H groups in total. The summed E-state index contributed by atoms with van der Waals surface area (Å²) in [6, 6.07) is 15.8. The zero-order chi connectivity index (χ0) is 17.1. The lowest BCUT2D eigenvalue weighted by molar-refractivity contribution is 0.873. The third-order valence-corrected chi connectivity index (χ3v) is 4.00. The molecule has 0 aliphatic heterocycles. The van der Waals surface area contributed by atoms with Crippen molar-refractivity contribution >= 4 is 0 Å². The van der Waals surface area contributed by atoms with Crippen LogP contribution in [0, 0.1) is 0 Å². The van der Waals surface area contributed by atoms with E-state index in [1.807, 2.05) is 13.8 Å². The number of benzene rings is 2. The van der Waals surface area contributed by atoms with Gasteiger partial charge in [-0.2, -0.15) is 0 Å². The van der Waals surface area contributed by atoms with Crippen LogP contribution in [0.2, 0.25) is 0 Å². The topological polar surface area (TPSA) is 0 Å². The number of aryl methyl sites for hydroxylation is 3. The van der Waals surface area contributed by atoms with E-state index in [2.05, 4.69) is 63.2 Å².